The molecule has 7 heteroatoms. The first-order valence-corrected chi connectivity index (χ1v) is 6.93. The Morgan fingerprint density at radius 1 is 1.44 bits per heavy atom. The zero-order valence-corrected chi connectivity index (χ0v) is 10.8. The Bertz CT molecular complexity index is 565. The highest BCUT2D eigenvalue weighted by atomic mass is 32.2. The van der Waals surface area contributed by atoms with Crippen molar-refractivity contribution in [2.24, 2.45) is 0 Å². The average molecular weight is 276 g/mol. The van der Waals surface area contributed by atoms with Crippen molar-refractivity contribution in [1.29, 1.82) is 0 Å². The number of sulfone groups is 1. The second kappa shape index (κ2) is 5.34. The highest BCUT2D eigenvalue weighted by Gasteiger charge is 2.18. The van der Waals surface area contributed by atoms with Crippen LogP contribution in [-0.4, -0.2) is 32.9 Å². The van der Waals surface area contributed by atoms with Gasteiger partial charge in [0.25, 0.3) is 0 Å². The summed E-state index contributed by atoms with van der Waals surface area (Å²) in [5, 5.41) is 8.56. The number of ether oxygens (including phenoxy) is 1. The van der Waals surface area contributed by atoms with Gasteiger partial charge in [0.15, 0.2) is 9.84 Å². The summed E-state index contributed by atoms with van der Waals surface area (Å²) in [5.74, 6) is -1.76. The molecule has 0 aliphatic rings. The number of rotatable bonds is 5. The van der Waals surface area contributed by atoms with Gasteiger partial charge in [-0.25, -0.2) is 12.8 Å². The van der Waals surface area contributed by atoms with Gasteiger partial charge < -0.3 is 9.84 Å². The summed E-state index contributed by atoms with van der Waals surface area (Å²) in [6, 6.07) is 2.07. The number of methoxy groups -OCH3 is 1. The fraction of sp³-hybridized carbons (Fsp3) is 0.364. The summed E-state index contributed by atoms with van der Waals surface area (Å²) < 4.78 is 41.2. The molecule has 0 amide bonds. The van der Waals surface area contributed by atoms with E-state index in [2.05, 4.69) is 0 Å². The van der Waals surface area contributed by atoms with Crippen LogP contribution in [0.4, 0.5) is 4.39 Å². The molecule has 1 rings (SSSR count). The normalized spacial score (nSPS) is 11.3. The van der Waals surface area contributed by atoms with E-state index in [1.165, 1.54) is 7.11 Å². The third-order valence-electron chi connectivity index (χ3n) is 2.34. The van der Waals surface area contributed by atoms with Crippen LogP contribution in [0.25, 0.3) is 0 Å². The van der Waals surface area contributed by atoms with Gasteiger partial charge in [-0.1, -0.05) is 0 Å². The van der Waals surface area contributed by atoms with E-state index in [1.807, 2.05) is 0 Å². The van der Waals surface area contributed by atoms with Crippen LogP contribution in [0.1, 0.15) is 12.0 Å². The number of benzene rings is 1. The Labute approximate surface area is 104 Å². The lowest BCUT2D eigenvalue weighted by Crippen LogP contribution is -2.05. The van der Waals surface area contributed by atoms with Crippen LogP contribution in [0.5, 0.6) is 5.75 Å². The van der Waals surface area contributed by atoms with Crippen LogP contribution in [-0.2, 0) is 21.1 Å². The number of carboxylic acids is 1. The van der Waals surface area contributed by atoms with Crippen LogP contribution in [0.15, 0.2) is 17.0 Å². The molecular formula is C11H13FO5S. The average Bonchev–Trinajstić information content (AvgIpc) is 2.24. The minimum atomic E-state index is -3.69. The van der Waals surface area contributed by atoms with Crippen molar-refractivity contribution in [3.8, 4) is 5.75 Å². The van der Waals surface area contributed by atoms with Crippen molar-refractivity contribution >= 4 is 15.8 Å². The molecule has 0 unspecified atom stereocenters. The largest absolute Gasteiger partial charge is 0.496 e. The van der Waals surface area contributed by atoms with E-state index >= 15 is 0 Å². The molecule has 0 aliphatic carbocycles. The molecule has 0 aromatic heterocycles. The number of halogens is 1. The lowest BCUT2D eigenvalue weighted by molar-refractivity contribution is -0.136. The number of hydrogen-bond acceptors (Lipinski definition) is 4. The maximum absolute atomic E-state index is 13.6. The molecule has 0 spiro atoms. The van der Waals surface area contributed by atoms with E-state index in [-0.39, 0.29) is 18.6 Å². The number of carboxylic acid groups (broad SMARTS) is 1. The fourth-order valence-corrected chi connectivity index (χ4v) is 2.22. The van der Waals surface area contributed by atoms with Crippen molar-refractivity contribution < 1.29 is 27.4 Å². The summed E-state index contributed by atoms with van der Waals surface area (Å²) >= 11 is 0. The molecule has 18 heavy (non-hydrogen) atoms. The monoisotopic (exact) mass is 276 g/mol. The molecule has 0 radical (unpaired) electrons. The molecule has 1 aromatic rings. The van der Waals surface area contributed by atoms with Crippen molar-refractivity contribution in [3.63, 3.8) is 0 Å². The van der Waals surface area contributed by atoms with E-state index in [1.54, 1.807) is 0 Å². The molecule has 100 valence electrons. The van der Waals surface area contributed by atoms with Crippen LogP contribution < -0.4 is 4.74 Å². The Kier molecular flexibility index (Phi) is 4.28. The van der Waals surface area contributed by atoms with E-state index in [0.717, 1.165) is 18.4 Å². The second-order valence-electron chi connectivity index (χ2n) is 3.76. The van der Waals surface area contributed by atoms with E-state index < -0.39 is 26.5 Å². The van der Waals surface area contributed by atoms with Crippen molar-refractivity contribution in [2.75, 3.05) is 13.4 Å². The molecular weight excluding hydrogens is 263 g/mol. The lowest BCUT2D eigenvalue weighted by Gasteiger charge is -2.10. The topological polar surface area (TPSA) is 80.7 Å². The molecule has 1 aromatic carbocycles. The van der Waals surface area contributed by atoms with Gasteiger partial charge in [0.05, 0.1) is 7.11 Å². The molecule has 1 N–H and O–H groups in total. The first-order valence-electron chi connectivity index (χ1n) is 5.04. The molecule has 0 aliphatic heterocycles. The van der Waals surface area contributed by atoms with Gasteiger partial charge in [0, 0.05) is 18.7 Å². The van der Waals surface area contributed by atoms with Crippen LogP contribution in [0.3, 0.4) is 0 Å². The van der Waals surface area contributed by atoms with Crippen molar-refractivity contribution in [3.05, 3.63) is 23.5 Å². The number of aliphatic carboxylic acids is 1. The number of hydrogen-bond donors (Lipinski definition) is 1. The summed E-state index contributed by atoms with van der Waals surface area (Å²) in [5.41, 5.74) is 0.324. The van der Waals surface area contributed by atoms with E-state index in [0.29, 0.717) is 5.56 Å². The van der Waals surface area contributed by atoms with Gasteiger partial charge in [0.2, 0.25) is 0 Å². The maximum atomic E-state index is 13.6. The molecule has 0 fully saturated rings. The molecule has 0 atom stereocenters. The smallest absolute Gasteiger partial charge is 0.303 e. The summed E-state index contributed by atoms with van der Waals surface area (Å²) in [6.45, 7) is 0. The van der Waals surface area contributed by atoms with E-state index in [4.69, 9.17) is 9.84 Å². The highest BCUT2D eigenvalue weighted by Crippen LogP contribution is 2.27. The Hall–Kier alpha value is -1.63. The van der Waals surface area contributed by atoms with Gasteiger partial charge >= 0.3 is 5.97 Å². The quantitative estimate of drug-likeness (QED) is 0.875. The Morgan fingerprint density at radius 2 is 2.06 bits per heavy atom. The summed E-state index contributed by atoms with van der Waals surface area (Å²) in [6.07, 6.45) is 0.773. The molecule has 0 saturated heterocycles. The lowest BCUT2D eigenvalue weighted by atomic mass is 10.1. The number of carbonyl (C=O) groups is 1. The molecule has 0 saturated carbocycles. The van der Waals surface area contributed by atoms with Gasteiger partial charge in [-0.05, 0) is 18.1 Å². The molecule has 0 bridgehead atoms. The van der Waals surface area contributed by atoms with Crippen LogP contribution in [0, 0.1) is 5.82 Å². The van der Waals surface area contributed by atoms with Gasteiger partial charge in [0.1, 0.15) is 16.5 Å². The predicted octanol–water partition coefficient (Wildman–Crippen LogP) is 1.25. The first-order chi connectivity index (χ1) is 8.25. The summed E-state index contributed by atoms with van der Waals surface area (Å²) in [7, 11) is -2.38. The van der Waals surface area contributed by atoms with Gasteiger partial charge in [-0.15, -0.1) is 0 Å². The third-order valence-corrected chi connectivity index (χ3v) is 3.45. The third kappa shape index (κ3) is 3.43. The van der Waals surface area contributed by atoms with Crippen LogP contribution >= 0.6 is 0 Å². The number of aryl methyl sites for hydroxylation is 1. The minimum absolute atomic E-state index is 0.0689. The van der Waals surface area contributed by atoms with Gasteiger partial charge in [-0.2, -0.15) is 0 Å². The second-order valence-corrected chi connectivity index (χ2v) is 5.74. The zero-order chi connectivity index (χ0) is 13.9. The van der Waals surface area contributed by atoms with Crippen LogP contribution in [0.2, 0.25) is 0 Å². The molecule has 0 heterocycles. The van der Waals surface area contributed by atoms with Crippen molar-refractivity contribution in [1.82, 2.24) is 0 Å². The van der Waals surface area contributed by atoms with E-state index in [9.17, 15) is 17.6 Å². The maximum Gasteiger partial charge on any atom is 0.303 e. The Balaban J connectivity index is 3.23. The Morgan fingerprint density at radius 3 is 2.50 bits per heavy atom. The van der Waals surface area contributed by atoms with Gasteiger partial charge in [-0.3, -0.25) is 4.79 Å². The van der Waals surface area contributed by atoms with Crippen molar-refractivity contribution in [2.45, 2.75) is 17.7 Å². The highest BCUT2D eigenvalue weighted by molar-refractivity contribution is 7.90. The first kappa shape index (κ1) is 14.4. The summed E-state index contributed by atoms with van der Waals surface area (Å²) in [4.78, 5) is 9.99. The standard InChI is InChI=1S/C11H13FO5S/c1-17-9-6-10(18(2,15)16)8(12)5-7(9)3-4-11(13)14/h5-6H,3-4H2,1-2H3,(H,13,14). The molecule has 5 nitrogen and oxygen atoms in total. The minimum Gasteiger partial charge on any atom is -0.496 e. The fourth-order valence-electron chi connectivity index (χ4n) is 1.49. The SMILES string of the molecule is COc1cc(S(C)(=O)=O)c(F)cc1CCC(=O)O. The predicted molar refractivity (Wildman–Crippen MR) is 62.0 cm³/mol. The zero-order valence-electron chi connectivity index (χ0n) is 9.94.